The number of ether oxygens (including phenoxy) is 1. The SMILES string of the molecule is C=C1CO[C@H]2[C@H]3CCC=C[C@@H]3[C@]12O. The zero-order valence-corrected chi connectivity index (χ0v) is 7.57. The fourth-order valence-corrected chi connectivity index (χ4v) is 3.06. The van der Waals surface area contributed by atoms with Gasteiger partial charge in [-0.3, -0.25) is 0 Å². The molecule has 0 spiro atoms. The van der Waals surface area contributed by atoms with E-state index in [1.807, 2.05) is 0 Å². The molecule has 70 valence electrons. The van der Waals surface area contributed by atoms with E-state index in [-0.39, 0.29) is 12.0 Å². The monoisotopic (exact) mass is 178 g/mol. The quantitative estimate of drug-likeness (QED) is 0.566. The summed E-state index contributed by atoms with van der Waals surface area (Å²) in [5, 5.41) is 10.3. The summed E-state index contributed by atoms with van der Waals surface area (Å²) in [6, 6.07) is 0. The molecule has 4 atom stereocenters. The standard InChI is InChI=1S/C11H14O2/c1-7-6-13-10-8-4-2-3-5-9(8)11(7,10)12/h3,5,8-10,12H,1-2,4,6H2/t8-,9-,10-,11+/m0/s1. The Morgan fingerprint density at radius 2 is 2.46 bits per heavy atom. The summed E-state index contributed by atoms with van der Waals surface area (Å²) < 4.78 is 5.55. The average Bonchev–Trinajstić information content (AvgIpc) is 2.39. The molecule has 2 heteroatoms. The van der Waals surface area contributed by atoms with E-state index in [2.05, 4.69) is 18.7 Å². The Balaban J connectivity index is 1.99. The molecule has 0 aromatic heterocycles. The average molecular weight is 178 g/mol. The molecule has 0 aromatic rings. The molecule has 2 nitrogen and oxygen atoms in total. The summed E-state index contributed by atoms with van der Waals surface area (Å²) in [6.45, 7) is 4.43. The van der Waals surface area contributed by atoms with Crippen LogP contribution in [-0.4, -0.2) is 23.4 Å². The summed E-state index contributed by atoms with van der Waals surface area (Å²) in [7, 11) is 0. The Bertz CT molecular complexity index is 294. The van der Waals surface area contributed by atoms with Crippen molar-refractivity contribution in [3.05, 3.63) is 24.3 Å². The molecule has 1 saturated carbocycles. The van der Waals surface area contributed by atoms with Crippen LogP contribution >= 0.6 is 0 Å². The lowest BCUT2D eigenvalue weighted by Gasteiger charge is -2.54. The number of rotatable bonds is 0. The molecular weight excluding hydrogens is 164 g/mol. The van der Waals surface area contributed by atoms with Crippen molar-refractivity contribution in [2.75, 3.05) is 6.61 Å². The van der Waals surface area contributed by atoms with Crippen LogP contribution in [0.4, 0.5) is 0 Å². The summed E-state index contributed by atoms with van der Waals surface area (Å²) in [5.74, 6) is 0.815. The van der Waals surface area contributed by atoms with Crippen molar-refractivity contribution in [1.29, 1.82) is 0 Å². The number of hydrogen-bond acceptors (Lipinski definition) is 2. The van der Waals surface area contributed by atoms with E-state index in [0.29, 0.717) is 12.5 Å². The lowest BCUT2D eigenvalue weighted by molar-refractivity contribution is -0.179. The van der Waals surface area contributed by atoms with E-state index in [0.717, 1.165) is 18.4 Å². The van der Waals surface area contributed by atoms with Gasteiger partial charge in [0.15, 0.2) is 0 Å². The second-order valence-electron chi connectivity index (χ2n) is 4.36. The van der Waals surface area contributed by atoms with E-state index in [1.165, 1.54) is 0 Å². The molecular formula is C11H14O2. The lowest BCUT2D eigenvalue weighted by Crippen LogP contribution is -2.64. The first kappa shape index (κ1) is 7.77. The van der Waals surface area contributed by atoms with Crippen molar-refractivity contribution in [3.8, 4) is 0 Å². The molecule has 1 aliphatic heterocycles. The van der Waals surface area contributed by atoms with Crippen LogP contribution < -0.4 is 0 Å². The van der Waals surface area contributed by atoms with Crippen LogP contribution in [0.15, 0.2) is 24.3 Å². The molecule has 0 amide bonds. The zero-order valence-electron chi connectivity index (χ0n) is 7.57. The maximum Gasteiger partial charge on any atom is 0.120 e. The Labute approximate surface area is 77.9 Å². The maximum atomic E-state index is 10.3. The molecule has 0 unspecified atom stereocenters. The highest BCUT2D eigenvalue weighted by Gasteiger charge is 2.65. The Kier molecular flexibility index (Phi) is 1.35. The van der Waals surface area contributed by atoms with Crippen LogP contribution in [0.25, 0.3) is 0 Å². The van der Waals surface area contributed by atoms with Crippen molar-refractivity contribution in [2.24, 2.45) is 11.8 Å². The normalized spacial score (nSPS) is 52.7. The Morgan fingerprint density at radius 3 is 3.31 bits per heavy atom. The van der Waals surface area contributed by atoms with Gasteiger partial charge in [0.05, 0.1) is 12.7 Å². The summed E-state index contributed by atoms with van der Waals surface area (Å²) in [5.41, 5.74) is 0.145. The van der Waals surface area contributed by atoms with Crippen LogP contribution in [0, 0.1) is 11.8 Å². The minimum Gasteiger partial charge on any atom is -0.382 e. The predicted octanol–water partition coefficient (Wildman–Crippen LogP) is 1.27. The van der Waals surface area contributed by atoms with Gasteiger partial charge in [0, 0.05) is 5.92 Å². The third kappa shape index (κ3) is 0.720. The van der Waals surface area contributed by atoms with Gasteiger partial charge in [0.2, 0.25) is 0 Å². The molecule has 0 radical (unpaired) electrons. The van der Waals surface area contributed by atoms with Crippen LogP contribution in [0.5, 0.6) is 0 Å². The molecule has 2 aliphatic carbocycles. The largest absolute Gasteiger partial charge is 0.382 e. The number of allylic oxidation sites excluding steroid dienone is 1. The van der Waals surface area contributed by atoms with Gasteiger partial charge < -0.3 is 9.84 Å². The molecule has 0 bridgehead atoms. The van der Waals surface area contributed by atoms with E-state index in [1.54, 1.807) is 0 Å². The summed E-state index contributed by atoms with van der Waals surface area (Å²) >= 11 is 0. The van der Waals surface area contributed by atoms with Gasteiger partial charge in [0.25, 0.3) is 0 Å². The van der Waals surface area contributed by atoms with Gasteiger partial charge in [-0.25, -0.2) is 0 Å². The molecule has 2 fully saturated rings. The van der Waals surface area contributed by atoms with Gasteiger partial charge in [-0.1, -0.05) is 18.7 Å². The van der Waals surface area contributed by atoms with Crippen molar-refractivity contribution in [1.82, 2.24) is 0 Å². The topological polar surface area (TPSA) is 29.5 Å². The molecule has 0 aromatic carbocycles. The fraction of sp³-hybridized carbons (Fsp3) is 0.636. The number of fused-ring (bicyclic) bond motifs is 4. The predicted molar refractivity (Wildman–Crippen MR) is 49.2 cm³/mol. The van der Waals surface area contributed by atoms with Crippen LogP contribution in [0.2, 0.25) is 0 Å². The van der Waals surface area contributed by atoms with Crippen molar-refractivity contribution in [2.45, 2.75) is 24.5 Å². The van der Waals surface area contributed by atoms with Crippen molar-refractivity contribution >= 4 is 0 Å². The first-order valence-electron chi connectivity index (χ1n) is 4.93. The van der Waals surface area contributed by atoms with Gasteiger partial charge in [-0.05, 0) is 24.3 Å². The smallest absolute Gasteiger partial charge is 0.120 e. The highest BCUT2D eigenvalue weighted by Crippen LogP contribution is 2.57. The van der Waals surface area contributed by atoms with Crippen LogP contribution in [-0.2, 0) is 4.74 Å². The first-order valence-corrected chi connectivity index (χ1v) is 4.93. The Hall–Kier alpha value is -0.600. The van der Waals surface area contributed by atoms with Crippen LogP contribution in [0.1, 0.15) is 12.8 Å². The van der Waals surface area contributed by atoms with Crippen molar-refractivity contribution < 1.29 is 9.84 Å². The maximum absolute atomic E-state index is 10.3. The van der Waals surface area contributed by atoms with Crippen LogP contribution in [0.3, 0.4) is 0 Å². The number of aliphatic hydroxyl groups is 1. The lowest BCUT2D eigenvalue weighted by atomic mass is 9.54. The fourth-order valence-electron chi connectivity index (χ4n) is 3.06. The van der Waals surface area contributed by atoms with Gasteiger partial charge in [0.1, 0.15) is 5.60 Å². The van der Waals surface area contributed by atoms with E-state index in [9.17, 15) is 5.11 Å². The van der Waals surface area contributed by atoms with Crippen molar-refractivity contribution in [3.63, 3.8) is 0 Å². The van der Waals surface area contributed by atoms with Gasteiger partial charge in [-0.2, -0.15) is 0 Å². The number of hydrogen-bond donors (Lipinski definition) is 1. The highest BCUT2D eigenvalue weighted by atomic mass is 16.5. The molecule has 13 heavy (non-hydrogen) atoms. The minimum atomic E-state index is -0.721. The van der Waals surface area contributed by atoms with E-state index < -0.39 is 5.60 Å². The molecule has 3 rings (SSSR count). The zero-order chi connectivity index (χ0) is 9.05. The van der Waals surface area contributed by atoms with E-state index >= 15 is 0 Å². The van der Waals surface area contributed by atoms with Gasteiger partial charge in [-0.15, -0.1) is 0 Å². The first-order chi connectivity index (χ1) is 6.24. The molecule has 1 saturated heterocycles. The molecule has 1 N–H and O–H groups in total. The third-order valence-electron chi connectivity index (χ3n) is 3.81. The minimum absolute atomic E-state index is 0.0370. The van der Waals surface area contributed by atoms with E-state index in [4.69, 9.17) is 4.74 Å². The molecule has 3 aliphatic rings. The molecule has 1 heterocycles. The second-order valence-corrected chi connectivity index (χ2v) is 4.36. The Morgan fingerprint density at radius 1 is 1.62 bits per heavy atom. The second kappa shape index (κ2) is 2.25. The third-order valence-corrected chi connectivity index (χ3v) is 3.81. The summed E-state index contributed by atoms with van der Waals surface area (Å²) in [4.78, 5) is 0. The highest BCUT2D eigenvalue weighted by molar-refractivity contribution is 5.35. The van der Waals surface area contributed by atoms with Gasteiger partial charge >= 0.3 is 0 Å². The summed E-state index contributed by atoms with van der Waals surface area (Å²) in [6.07, 6.45) is 6.63.